The summed E-state index contributed by atoms with van der Waals surface area (Å²) in [5, 5.41) is 12.3. The first-order chi connectivity index (χ1) is 21.7. The number of hydrogen-bond acceptors (Lipinski definition) is 10. The maximum atomic E-state index is 15.0. The summed E-state index contributed by atoms with van der Waals surface area (Å²) >= 11 is 3.61. The molecule has 45 heavy (non-hydrogen) atoms. The number of aryl methyl sites for hydroxylation is 1. The lowest BCUT2D eigenvalue weighted by Gasteiger charge is -2.36. The zero-order valence-corrected chi connectivity index (χ0v) is 28.1. The second kappa shape index (κ2) is 13.2. The molecule has 1 aliphatic rings. The smallest absolute Gasteiger partial charge is 0.229 e. The van der Waals surface area contributed by atoms with Crippen molar-refractivity contribution in [1.29, 1.82) is 0 Å². The minimum absolute atomic E-state index is 0.215. The van der Waals surface area contributed by atoms with E-state index < -0.39 is 20.2 Å². The van der Waals surface area contributed by atoms with Crippen LogP contribution in [-0.4, -0.2) is 82.6 Å². The van der Waals surface area contributed by atoms with Crippen molar-refractivity contribution >= 4 is 69.0 Å². The number of rotatable bonds is 9. The quantitative estimate of drug-likeness (QED) is 0.178. The molecule has 0 bridgehead atoms. The standard InChI is InChI=1S/C31H34BrFN9O2P/c1-41-16-18(14-37-41)19-12-24(27(44-3)13-25(19)42-11-8-26(43-2)21(33)17-42)39-31-36-15-20(32)30(40-31)38-23-7-6-22-28(29(23)45(4)5)35-10-9-34-22/h6-7,9-10,12-16,21,26H,8,11,17H2,1-5H3,(H2,36,38,39,40). The highest BCUT2D eigenvalue weighted by Gasteiger charge is 2.31. The first-order valence-corrected chi connectivity index (χ1v) is 17.4. The fourth-order valence-corrected chi connectivity index (χ4v) is 7.09. The van der Waals surface area contributed by atoms with E-state index in [1.807, 2.05) is 42.4 Å². The van der Waals surface area contributed by atoms with Crippen LogP contribution in [0.3, 0.4) is 0 Å². The van der Waals surface area contributed by atoms with Crippen molar-refractivity contribution in [2.24, 2.45) is 7.05 Å². The summed E-state index contributed by atoms with van der Waals surface area (Å²) in [6, 6.07) is 7.86. The molecule has 1 aliphatic heterocycles. The third kappa shape index (κ3) is 6.43. The fourth-order valence-electron chi connectivity index (χ4n) is 5.59. The van der Waals surface area contributed by atoms with Gasteiger partial charge < -0.3 is 25.0 Å². The molecule has 2 aromatic carbocycles. The summed E-state index contributed by atoms with van der Waals surface area (Å²) in [6.45, 7) is 5.24. The van der Waals surface area contributed by atoms with Gasteiger partial charge in [-0.2, -0.15) is 10.1 Å². The van der Waals surface area contributed by atoms with Crippen molar-refractivity contribution in [3.63, 3.8) is 0 Å². The number of alkyl halides is 1. The number of nitrogens with zero attached hydrogens (tertiary/aromatic N) is 7. The molecule has 0 amide bonds. The van der Waals surface area contributed by atoms with E-state index in [1.165, 1.54) is 0 Å². The molecule has 234 valence electrons. The van der Waals surface area contributed by atoms with E-state index in [1.54, 1.807) is 43.7 Å². The summed E-state index contributed by atoms with van der Waals surface area (Å²) in [6.07, 6.45) is 7.90. The molecule has 6 rings (SSSR count). The maximum absolute atomic E-state index is 15.0. The Hall–Kier alpha value is -3.93. The molecule has 3 aromatic heterocycles. The third-order valence-electron chi connectivity index (χ3n) is 7.76. The zero-order valence-electron chi connectivity index (χ0n) is 25.6. The van der Waals surface area contributed by atoms with Crippen molar-refractivity contribution in [1.82, 2.24) is 29.7 Å². The number of benzene rings is 2. The Balaban J connectivity index is 1.36. The zero-order chi connectivity index (χ0) is 31.7. The molecule has 0 spiro atoms. The van der Waals surface area contributed by atoms with Crippen molar-refractivity contribution in [3.05, 3.63) is 59.7 Å². The van der Waals surface area contributed by atoms with Gasteiger partial charge in [-0.1, -0.05) is 7.92 Å². The van der Waals surface area contributed by atoms with E-state index in [0.29, 0.717) is 40.6 Å². The van der Waals surface area contributed by atoms with Crippen molar-refractivity contribution in [2.45, 2.75) is 18.7 Å². The molecule has 11 nitrogen and oxygen atoms in total. The van der Waals surface area contributed by atoms with Gasteiger partial charge in [-0.05, 0) is 53.9 Å². The number of nitrogens with one attached hydrogen (secondary N) is 2. The normalized spacial score (nSPS) is 16.8. The Morgan fingerprint density at radius 2 is 1.87 bits per heavy atom. The number of hydrogen-bond donors (Lipinski definition) is 2. The molecule has 2 atom stereocenters. The van der Waals surface area contributed by atoms with Gasteiger partial charge >= 0.3 is 0 Å². The fraction of sp³-hybridized carbons (Fsp3) is 0.323. The first kappa shape index (κ1) is 31.1. The lowest BCUT2D eigenvalue weighted by Crippen LogP contribution is -2.45. The molecule has 2 N–H and O–H groups in total. The Kier molecular flexibility index (Phi) is 9.11. The average molecular weight is 695 g/mol. The molecule has 4 heterocycles. The Labute approximate surface area is 270 Å². The van der Waals surface area contributed by atoms with E-state index in [9.17, 15) is 4.39 Å². The van der Waals surface area contributed by atoms with Crippen molar-refractivity contribution < 1.29 is 13.9 Å². The topological polar surface area (TPSA) is 115 Å². The van der Waals surface area contributed by atoms with Gasteiger partial charge in [0.2, 0.25) is 5.95 Å². The maximum Gasteiger partial charge on any atom is 0.229 e. The molecular weight excluding hydrogens is 660 g/mol. The highest BCUT2D eigenvalue weighted by atomic mass is 79.9. The molecule has 0 radical (unpaired) electrons. The predicted octanol–water partition coefficient (Wildman–Crippen LogP) is 6.01. The number of ether oxygens (including phenoxy) is 2. The van der Waals surface area contributed by atoms with Crippen LogP contribution < -0.4 is 25.6 Å². The number of methoxy groups -OCH3 is 2. The largest absolute Gasteiger partial charge is 0.494 e. The molecule has 0 saturated carbocycles. The van der Waals surface area contributed by atoms with Crippen molar-refractivity contribution in [2.75, 3.05) is 56.2 Å². The van der Waals surface area contributed by atoms with Gasteiger partial charge in [-0.25, -0.2) is 9.37 Å². The summed E-state index contributed by atoms with van der Waals surface area (Å²) in [5.41, 5.74) is 5.92. The van der Waals surface area contributed by atoms with Crippen LogP contribution >= 0.6 is 23.9 Å². The molecule has 0 aliphatic carbocycles. The van der Waals surface area contributed by atoms with Crippen LogP contribution in [0.25, 0.3) is 22.2 Å². The number of halogens is 2. The molecular formula is C31H34BrFN9O2P. The van der Waals surface area contributed by atoms with Crippen LogP contribution in [-0.2, 0) is 11.8 Å². The summed E-state index contributed by atoms with van der Waals surface area (Å²) in [5.74, 6) is 1.53. The Bertz CT molecular complexity index is 1840. The van der Waals surface area contributed by atoms with Crippen LogP contribution in [0.1, 0.15) is 6.42 Å². The summed E-state index contributed by atoms with van der Waals surface area (Å²) < 4.78 is 28.6. The lowest BCUT2D eigenvalue weighted by molar-refractivity contribution is 0.0197. The van der Waals surface area contributed by atoms with Gasteiger partial charge in [0.25, 0.3) is 0 Å². The number of aromatic nitrogens is 6. The molecule has 5 aromatic rings. The van der Waals surface area contributed by atoms with Crippen LogP contribution in [0, 0.1) is 0 Å². The lowest BCUT2D eigenvalue weighted by atomic mass is 10.00. The van der Waals surface area contributed by atoms with Gasteiger partial charge in [-0.15, -0.1) is 0 Å². The SMILES string of the molecule is COc1cc(N2CCC(OC)C(F)C2)c(-c2cnn(C)c2)cc1Nc1ncc(Br)c(Nc2ccc3nccnc3c2P(C)C)n1. The molecule has 2 unspecified atom stereocenters. The minimum Gasteiger partial charge on any atom is -0.494 e. The highest BCUT2D eigenvalue weighted by molar-refractivity contribution is 9.10. The van der Waals surface area contributed by atoms with Gasteiger partial charge in [0.1, 0.15) is 17.7 Å². The van der Waals surface area contributed by atoms with Gasteiger partial charge in [0.15, 0.2) is 0 Å². The minimum atomic E-state index is -1.11. The number of piperidine rings is 1. The van der Waals surface area contributed by atoms with Crippen LogP contribution in [0.2, 0.25) is 0 Å². The Morgan fingerprint density at radius 1 is 1.04 bits per heavy atom. The summed E-state index contributed by atoms with van der Waals surface area (Å²) in [7, 11) is 4.52. The second-order valence-corrected chi connectivity index (χ2v) is 14.0. The van der Waals surface area contributed by atoms with Crippen LogP contribution in [0.5, 0.6) is 5.75 Å². The van der Waals surface area contributed by atoms with E-state index in [-0.39, 0.29) is 6.54 Å². The van der Waals surface area contributed by atoms with Crippen LogP contribution in [0.4, 0.5) is 33.2 Å². The predicted molar refractivity (Wildman–Crippen MR) is 182 cm³/mol. The van der Waals surface area contributed by atoms with E-state index in [2.05, 4.69) is 59.9 Å². The van der Waals surface area contributed by atoms with Gasteiger partial charge in [0, 0.05) is 79.4 Å². The third-order valence-corrected chi connectivity index (χ3v) is 9.69. The van der Waals surface area contributed by atoms with E-state index in [4.69, 9.17) is 14.5 Å². The van der Waals surface area contributed by atoms with Crippen LogP contribution in [0.15, 0.2) is 59.7 Å². The molecule has 1 fully saturated rings. The first-order valence-electron chi connectivity index (χ1n) is 14.4. The van der Waals surface area contributed by atoms with Gasteiger partial charge in [-0.3, -0.25) is 14.6 Å². The monoisotopic (exact) mass is 693 g/mol. The number of fused-ring (bicyclic) bond motifs is 1. The summed E-state index contributed by atoms with van der Waals surface area (Å²) in [4.78, 5) is 20.5. The van der Waals surface area contributed by atoms with E-state index >= 15 is 0 Å². The average Bonchev–Trinajstić information content (AvgIpc) is 3.48. The highest BCUT2D eigenvalue weighted by Crippen LogP contribution is 2.42. The number of anilines is 5. The molecule has 14 heteroatoms. The van der Waals surface area contributed by atoms with Crippen molar-refractivity contribution in [3.8, 4) is 16.9 Å². The van der Waals surface area contributed by atoms with Gasteiger partial charge in [0.05, 0.1) is 47.1 Å². The Morgan fingerprint density at radius 3 is 2.58 bits per heavy atom. The molecule has 1 saturated heterocycles. The second-order valence-electron chi connectivity index (χ2n) is 10.9. The van der Waals surface area contributed by atoms with E-state index in [0.717, 1.165) is 38.8 Å².